The number of carbonyl (C=O) groups excluding carboxylic acids is 1. The van der Waals surface area contributed by atoms with Crippen LogP contribution in [0.1, 0.15) is 37.2 Å². The Morgan fingerprint density at radius 2 is 2.33 bits per heavy atom. The summed E-state index contributed by atoms with van der Waals surface area (Å²) in [5, 5.41) is 14.1. The predicted octanol–water partition coefficient (Wildman–Crippen LogP) is 1.40. The van der Waals surface area contributed by atoms with Crippen LogP contribution in [0.4, 0.5) is 0 Å². The first kappa shape index (κ1) is 17.7. The zero-order valence-corrected chi connectivity index (χ0v) is 13.4. The van der Waals surface area contributed by atoms with Gasteiger partial charge in [-0.2, -0.15) is 0 Å². The van der Waals surface area contributed by atoms with Crippen LogP contribution in [0.5, 0.6) is 0 Å². The Balaban J connectivity index is 0.00000220. The summed E-state index contributed by atoms with van der Waals surface area (Å²) in [6.45, 7) is 7.59. The van der Waals surface area contributed by atoms with Gasteiger partial charge >= 0.3 is 0 Å². The van der Waals surface area contributed by atoms with Gasteiger partial charge in [0.05, 0.1) is 6.20 Å². The number of halogens is 1. The minimum Gasteiger partial charge on any atom is -0.347 e. The van der Waals surface area contributed by atoms with Crippen LogP contribution in [0.15, 0.2) is 17.8 Å². The molecule has 1 amide bonds. The maximum absolute atomic E-state index is 12.0. The number of nitrogens with one attached hydrogen (secondary N) is 2. The molecule has 21 heavy (non-hydrogen) atoms. The highest BCUT2D eigenvalue weighted by molar-refractivity contribution is 5.91. The highest BCUT2D eigenvalue weighted by Gasteiger charge is 2.11. The Morgan fingerprint density at radius 3 is 3.00 bits per heavy atom. The fraction of sp³-hybridized carbons (Fsp3) is 0.643. The molecule has 0 atom stereocenters. The number of aryl methyl sites for hydroxylation is 1. The lowest BCUT2D eigenvalue weighted by Crippen LogP contribution is -2.29. The fourth-order valence-electron chi connectivity index (χ4n) is 2.02. The number of aromatic nitrogens is 3. The normalized spacial score (nSPS) is 14.5. The second-order valence-electron chi connectivity index (χ2n) is 5.55. The Hall–Kier alpha value is -1.40. The molecule has 1 aliphatic heterocycles. The standard InChI is InChI=1S/C14H23N5O.ClH/c1-11(2)5-8-19-10-13(17-18-19)14(20)16-9-12-3-6-15-7-4-12;/h3,10-11,15H,4-9H2,1-2H3,(H,16,20);1H. The van der Waals surface area contributed by atoms with E-state index in [9.17, 15) is 4.79 Å². The molecule has 0 aliphatic carbocycles. The van der Waals surface area contributed by atoms with Gasteiger partial charge in [-0.15, -0.1) is 17.5 Å². The Morgan fingerprint density at radius 1 is 1.52 bits per heavy atom. The number of nitrogens with zero attached hydrogens (tertiary/aromatic N) is 3. The second kappa shape index (κ2) is 8.79. The van der Waals surface area contributed by atoms with Crippen LogP contribution in [-0.2, 0) is 6.54 Å². The van der Waals surface area contributed by atoms with Gasteiger partial charge in [0.2, 0.25) is 0 Å². The smallest absolute Gasteiger partial charge is 0.273 e. The lowest BCUT2D eigenvalue weighted by Gasteiger charge is -2.13. The maximum Gasteiger partial charge on any atom is 0.273 e. The van der Waals surface area contributed by atoms with Crippen LogP contribution < -0.4 is 10.6 Å². The van der Waals surface area contributed by atoms with E-state index >= 15 is 0 Å². The molecule has 2 rings (SSSR count). The third kappa shape index (κ3) is 5.85. The second-order valence-corrected chi connectivity index (χ2v) is 5.55. The van der Waals surface area contributed by atoms with Gasteiger partial charge in [-0.3, -0.25) is 9.48 Å². The monoisotopic (exact) mass is 313 g/mol. The first-order chi connectivity index (χ1) is 9.65. The molecule has 0 spiro atoms. The van der Waals surface area contributed by atoms with Crippen molar-refractivity contribution in [3.8, 4) is 0 Å². The molecule has 0 bridgehead atoms. The Kier molecular flexibility index (Phi) is 7.39. The van der Waals surface area contributed by atoms with Crippen molar-refractivity contribution in [2.45, 2.75) is 33.2 Å². The highest BCUT2D eigenvalue weighted by Crippen LogP contribution is 2.04. The van der Waals surface area contributed by atoms with Crippen molar-refractivity contribution >= 4 is 18.3 Å². The SMILES string of the molecule is CC(C)CCn1cc(C(=O)NCC2=CCNCC2)nn1.Cl. The van der Waals surface area contributed by atoms with Gasteiger partial charge < -0.3 is 10.6 Å². The lowest BCUT2D eigenvalue weighted by molar-refractivity contribution is 0.0951. The highest BCUT2D eigenvalue weighted by atomic mass is 35.5. The maximum atomic E-state index is 12.0. The molecule has 0 saturated heterocycles. The molecule has 0 saturated carbocycles. The number of amides is 1. The zero-order chi connectivity index (χ0) is 14.4. The molecule has 0 radical (unpaired) electrons. The van der Waals surface area contributed by atoms with Crippen LogP contribution in [0.3, 0.4) is 0 Å². The number of rotatable bonds is 6. The first-order valence-electron chi connectivity index (χ1n) is 7.22. The van der Waals surface area contributed by atoms with Gasteiger partial charge in [0.25, 0.3) is 5.91 Å². The van der Waals surface area contributed by atoms with Gasteiger partial charge in [-0.25, -0.2) is 0 Å². The van der Waals surface area contributed by atoms with Crippen molar-refractivity contribution in [3.63, 3.8) is 0 Å². The summed E-state index contributed by atoms with van der Waals surface area (Å²) in [7, 11) is 0. The fourth-order valence-corrected chi connectivity index (χ4v) is 2.02. The van der Waals surface area contributed by atoms with Crippen molar-refractivity contribution in [2.75, 3.05) is 19.6 Å². The molecule has 1 aromatic rings. The molecule has 2 heterocycles. The van der Waals surface area contributed by atoms with Crippen LogP contribution >= 0.6 is 12.4 Å². The molecule has 0 fully saturated rings. The van der Waals surface area contributed by atoms with E-state index in [1.54, 1.807) is 10.9 Å². The average Bonchev–Trinajstić information content (AvgIpc) is 2.92. The van der Waals surface area contributed by atoms with Crippen molar-refractivity contribution < 1.29 is 4.79 Å². The van der Waals surface area contributed by atoms with E-state index in [0.29, 0.717) is 18.2 Å². The predicted molar refractivity (Wildman–Crippen MR) is 84.6 cm³/mol. The summed E-state index contributed by atoms with van der Waals surface area (Å²) in [5.41, 5.74) is 1.66. The van der Waals surface area contributed by atoms with E-state index in [-0.39, 0.29) is 18.3 Å². The quantitative estimate of drug-likeness (QED) is 0.779. The summed E-state index contributed by atoms with van der Waals surface area (Å²) >= 11 is 0. The lowest BCUT2D eigenvalue weighted by atomic mass is 10.1. The molecular formula is C14H24ClN5O. The third-order valence-corrected chi connectivity index (χ3v) is 3.34. The van der Waals surface area contributed by atoms with E-state index < -0.39 is 0 Å². The van der Waals surface area contributed by atoms with Gasteiger partial charge in [-0.1, -0.05) is 30.7 Å². The molecular weight excluding hydrogens is 290 g/mol. The summed E-state index contributed by atoms with van der Waals surface area (Å²) in [6, 6.07) is 0. The van der Waals surface area contributed by atoms with E-state index in [0.717, 1.165) is 32.5 Å². The van der Waals surface area contributed by atoms with E-state index in [4.69, 9.17) is 0 Å². The van der Waals surface area contributed by atoms with E-state index in [1.165, 1.54) is 5.57 Å². The van der Waals surface area contributed by atoms with E-state index in [2.05, 4.69) is 40.9 Å². The zero-order valence-electron chi connectivity index (χ0n) is 12.6. The molecule has 118 valence electrons. The van der Waals surface area contributed by atoms with Crippen LogP contribution in [0, 0.1) is 5.92 Å². The van der Waals surface area contributed by atoms with Crippen LogP contribution in [0.25, 0.3) is 0 Å². The van der Waals surface area contributed by atoms with Crippen molar-refractivity contribution in [2.24, 2.45) is 5.92 Å². The molecule has 1 aromatic heterocycles. The van der Waals surface area contributed by atoms with Gasteiger partial charge in [0, 0.05) is 19.6 Å². The Bertz CT molecular complexity index is 483. The van der Waals surface area contributed by atoms with Crippen molar-refractivity contribution in [3.05, 3.63) is 23.5 Å². The van der Waals surface area contributed by atoms with Crippen molar-refractivity contribution in [1.82, 2.24) is 25.6 Å². The average molecular weight is 314 g/mol. The largest absolute Gasteiger partial charge is 0.347 e. The van der Waals surface area contributed by atoms with Crippen LogP contribution in [0.2, 0.25) is 0 Å². The summed E-state index contributed by atoms with van der Waals surface area (Å²) in [5.74, 6) is 0.462. The van der Waals surface area contributed by atoms with Gasteiger partial charge in [0.15, 0.2) is 5.69 Å². The van der Waals surface area contributed by atoms with Crippen molar-refractivity contribution in [1.29, 1.82) is 0 Å². The summed E-state index contributed by atoms with van der Waals surface area (Å²) in [4.78, 5) is 12.0. The molecule has 1 aliphatic rings. The molecule has 7 heteroatoms. The van der Waals surface area contributed by atoms with E-state index in [1.807, 2.05) is 0 Å². The third-order valence-electron chi connectivity index (χ3n) is 3.34. The first-order valence-corrected chi connectivity index (χ1v) is 7.22. The number of hydrogen-bond acceptors (Lipinski definition) is 4. The topological polar surface area (TPSA) is 71.8 Å². The van der Waals surface area contributed by atoms with Crippen LogP contribution in [-0.4, -0.2) is 40.5 Å². The van der Waals surface area contributed by atoms with Gasteiger partial charge in [0.1, 0.15) is 0 Å². The molecule has 0 aromatic carbocycles. The molecule has 6 nitrogen and oxygen atoms in total. The Labute approximate surface area is 131 Å². The van der Waals surface area contributed by atoms with Gasteiger partial charge in [-0.05, 0) is 25.3 Å². The molecule has 0 unspecified atom stereocenters. The summed E-state index contributed by atoms with van der Waals surface area (Å²) in [6.07, 6.45) is 5.86. The minimum absolute atomic E-state index is 0. The summed E-state index contributed by atoms with van der Waals surface area (Å²) < 4.78 is 1.73. The number of carbonyl (C=O) groups is 1. The minimum atomic E-state index is -0.153. The molecule has 2 N–H and O–H groups in total. The number of hydrogen-bond donors (Lipinski definition) is 2.